The van der Waals surface area contributed by atoms with Gasteiger partial charge in [0, 0.05) is 12.6 Å². The highest BCUT2D eigenvalue weighted by atomic mass is 32.2. The zero-order valence-electron chi connectivity index (χ0n) is 10.9. The van der Waals surface area contributed by atoms with Gasteiger partial charge in [0.2, 0.25) is 10.0 Å². The number of sulfonamides is 1. The Balaban J connectivity index is 2.46. The minimum Gasteiger partial charge on any atom is -0.480 e. The van der Waals surface area contributed by atoms with E-state index in [0.29, 0.717) is 0 Å². The molecule has 1 rings (SSSR count). The molecule has 1 saturated heterocycles. The summed E-state index contributed by atoms with van der Waals surface area (Å²) >= 11 is 0. The largest absolute Gasteiger partial charge is 0.480 e. The molecule has 0 saturated carbocycles. The van der Waals surface area contributed by atoms with Crippen LogP contribution < -0.4 is 4.72 Å². The van der Waals surface area contributed by atoms with Crippen molar-refractivity contribution in [1.29, 1.82) is 0 Å². The molecule has 6 nitrogen and oxygen atoms in total. The Kier molecular flexibility index (Phi) is 5.55. The maximum atomic E-state index is 11.6. The lowest BCUT2D eigenvalue weighted by molar-refractivity contribution is -0.136. The number of carboxylic acids is 1. The minimum atomic E-state index is -3.77. The van der Waals surface area contributed by atoms with Crippen LogP contribution in [0.4, 0.5) is 0 Å². The van der Waals surface area contributed by atoms with Crippen molar-refractivity contribution in [3.63, 3.8) is 0 Å². The van der Waals surface area contributed by atoms with E-state index in [1.54, 1.807) is 0 Å². The molecular weight excluding hydrogens is 256 g/mol. The summed E-state index contributed by atoms with van der Waals surface area (Å²) in [5.74, 6) is -1.33. The summed E-state index contributed by atoms with van der Waals surface area (Å²) < 4.78 is 25.7. The Morgan fingerprint density at radius 1 is 1.28 bits per heavy atom. The fraction of sp³-hybridized carbons (Fsp3) is 0.909. The van der Waals surface area contributed by atoms with E-state index in [1.807, 2.05) is 6.92 Å². The topological polar surface area (TPSA) is 86.7 Å². The van der Waals surface area contributed by atoms with E-state index in [1.165, 1.54) is 13.3 Å². The van der Waals surface area contributed by atoms with Crippen LogP contribution in [0.5, 0.6) is 0 Å². The molecule has 0 amide bonds. The van der Waals surface area contributed by atoms with Gasteiger partial charge in [-0.15, -0.1) is 0 Å². The van der Waals surface area contributed by atoms with Gasteiger partial charge in [-0.05, 0) is 39.8 Å². The summed E-state index contributed by atoms with van der Waals surface area (Å²) in [6, 6.07) is 0.0982. The van der Waals surface area contributed by atoms with Gasteiger partial charge in [0.05, 0.1) is 0 Å². The predicted octanol–water partition coefficient (Wildman–Crippen LogP) is 0.253. The molecule has 1 aliphatic heterocycles. The van der Waals surface area contributed by atoms with E-state index >= 15 is 0 Å². The number of nitrogens with zero attached hydrogens (tertiary/aromatic N) is 1. The smallest absolute Gasteiger partial charge is 0.323 e. The summed E-state index contributed by atoms with van der Waals surface area (Å²) in [5, 5.41) is 7.29. The highest BCUT2D eigenvalue weighted by Crippen LogP contribution is 2.11. The highest BCUT2D eigenvalue weighted by Gasteiger charge is 2.28. The molecule has 0 bridgehead atoms. The van der Waals surface area contributed by atoms with Gasteiger partial charge in [-0.2, -0.15) is 0 Å². The summed E-state index contributed by atoms with van der Waals surface area (Å²) in [6.07, 6.45) is 3.51. The van der Waals surface area contributed by atoms with Crippen LogP contribution in [0.2, 0.25) is 0 Å². The van der Waals surface area contributed by atoms with E-state index < -0.39 is 21.2 Å². The fourth-order valence-electron chi connectivity index (χ4n) is 1.98. The maximum Gasteiger partial charge on any atom is 0.323 e. The number of aliphatic carboxylic acids is 1. The molecule has 1 fully saturated rings. The SMILES string of the molecule is CC(CNS(=O)(=O)C(C)C(=O)O)N1CCCCC1. The molecule has 1 aliphatic rings. The van der Waals surface area contributed by atoms with Crippen molar-refractivity contribution in [2.75, 3.05) is 19.6 Å². The van der Waals surface area contributed by atoms with E-state index in [4.69, 9.17) is 5.11 Å². The Hall–Kier alpha value is -0.660. The van der Waals surface area contributed by atoms with Crippen LogP contribution in [0.25, 0.3) is 0 Å². The third-order valence-electron chi connectivity index (χ3n) is 3.41. The van der Waals surface area contributed by atoms with Crippen LogP contribution in [-0.4, -0.2) is 55.3 Å². The molecule has 0 aromatic heterocycles. The van der Waals surface area contributed by atoms with Gasteiger partial charge in [0.15, 0.2) is 5.25 Å². The molecule has 0 radical (unpaired) electrons. The van der Waals surface area contributed by atoms with Crippen LogP contribution in [0.1, 0.15) is 33.1 Å². The van der Waals surface area contributed by atoms with E-state index in [9.17, 15) is 13.2 Å². The van der Waals surface area contributed by atoms with Crippen molar-refractivity contribution < 1.29 is 18.3 Å². The van der Waals surface area contributed by atoms with Crippen LogP contribution in [0.15, 0.2) is 0 Å². The average molecular weight is 278 g/mol. The molecule has 0 aromatic rings. The number of likely N-dealkylation sites (tertiary alicyclic amines) is 1. The van der Waals surface area contributed by atoms with Gasteiger partial charge < -0.3 is 5.11 Å². The molecule has 2 atom stereocenters. The van der Waals surface area contributed by atoms with Gasteiger partial charge in [0.1, 0.15) is 0 Å². The number of hydrogen-bond donors (Lipinski definition) is 2. The lowest BCUT2D eigenvalue weighted by Crippen LogP contribution is -2.47. The molecule has 2 N–H and O–H groups in total. The lowest BCUT2D eigenvalue weighted by Gasteiger charge is -2.32. The zero-order valence-corrected chi connectivity index (χ0v) is 11.7. The lowest BCUT2D eigenvalue weighted by atomic mass is 10.1. The molecule has 18 heavy (non-hydrogen) atoms. The van der Waals surface area contributed by atoms with Crippen molar-refractivity contribution in [3.8, 4) is 0 Å². The molecule has 2 unspecified atom stereocenters. The molecule has 106 valence electrons. The number of rotatable bonds is 6. The third kappa shape index (κ3) is 4.22. The highest BCUT2D eigenvalue weighted by molar-refractivity contribution is 7.90. The molecule has 1 heterocycles. The molecule has 0 aliphatic carbocycles. The summed E-state index contributed by atoms with van der Waals surface area (Å²) in [5.41, 5.74) is 0. The van der Waals surface area contributed by atoms with Gasteiger partial charge >= 0.3 is 5.97 Å². The quantitative estimate of drug-likeness (QED) is 0.727. The number of nitrogens with one attached hydrogen (secondary N) is 1. The molecule has 7 heteroatoms. The summed E-state index contributed by atoms with van der Waals surface area (Å²) in [4.78, 5) is 12.9. The molecule has 0 spiro atoms. The van der Waals surface area contributed by atoms with Crippen LogP contribution in [-0.2, 0) is 14.8 Å². The van der Waals surface area contributed by atoms with E-state index in [-0.39, 0.29) is 12.6 Å². The third-order valence-corrected chi connectivity index (χ3v) is 5.11. The minimum absolute atomic E-state index is 0.0982. The number of carbonyl (C=O) groups is 1. The Labute approximate surface area is 108 Å². The standard InChI is InChI=1S/C11H22N2O4S/c1-9(13-6-4-3-5-7-13)8-12-18(16,17)10(2)11(14)15/h9-10,12H,3-8H2,1-2H3,(H,14,15). The first-order chi connectivity index (χ1) is 8.34. The number of hydrogen-bond acceptors (Lipinski definition) is 4. The second-order valence-corrected chi connectivity index (χ2v) is 6.91. The average Bonchev–Trinajstić information content (AvgIpc) is 2.36. The fourth-order valence-corrected chi connectivity index (χ4v) is 2.97. The maximum absolute atomic E-state index is 11.6. The zero-order chi connectivity index (χ0) is 13.8. The first kappa shape index (κ1) is 15.4. The summed E-state index contributed by atoms with van der Waals surface area (Å²) in [6.45, 7) is 5.37. The van der Waals surface area contributed by atoms with Crippen LogP contribution in [0, 0.1) is 0 Å². The second kappa shape index (κ2) is 6.49. The predicted molar refractivity (Wildman–Crippen MR) is 68.9 cm³/mol. The Morgan fingerprint density at radius 2 is 1.83 bits per heavy atom. The molecule has 0 aromatic carbocycles. The van der Waals surface area contributed by atoms with Gasteiger partial charge in [0.25, 0.3) is 0 Å². The van der Waals surface area contributed by atoms with E-state index in [0.717, 1.165) is 25.9 Å². The van der Waals surface area contributed by atoms with Gasteiger partial charge in [-0.3, -0.25) is 9.69 Å². The normalized spacial score (nSPS) is 21.4. The summed E-state index contributed by atoms with van der Waals surface area (Å²) in [7, 11) is -3.77. The Morgan fingerprint density at radius 3 is 2.33 bits per heavy atom. The number of carboxylic acid groups (broad SMARTS) is 1. The van der Waals surface area contributed by atoms with Crippen LogP contribution in [0.3, 0.4) is 0 Å². The monoisotopic (exact) mass is 278 g/mol. The van der Waals surface area contributed by atoms with Gasteiger partial charge in [-0.25, -0.2) is 13.1 Å². The van der Waals surface area contributed by atoms with Crippen molar-refractivity contribution in [3.05, 3.63) is 0 Å². The second-order valence-electron chi connectivity index (χ2n) is 4.82. The Bertz CT molecular complexity index is 377. The van der Waals surface area contributed by atoms with Crippen molar-refractivity contribution in [2.45, 2.75) is 44.4 Å². The van der Waals surface area contributed by atoms with Crippen molar-refractivity contribution >= 4 is 16.0 Å². The number of piperidine rings is 1. The first-order valence-corrected chi connectivity index (χ1v) is 7.84. The van der Waals surface area contributed by atoms with Crippen molar-refractivity contribution in [2.24, 2.45) is 0 Å². The van der Waals surface area contributed by atoms with Crippen LogP contribution >= 0.6 is 0 Å². The van der Waals surface area contributed by atoms with E-state index in [2.05, 4.69) is 9.62 Å². The van der Waals surface area contributed by atoms with Gasteiger partial charge in [-0.1, -0.05) is 6.42 Å². The first-order valence-electron chi connectivity index (χ1n) is 6.30. The molecular formula is C11H22N2O4S. The van der Waals surface area contributed by atoms with Crippen molar-refractivity contribution in [1.82, 2.24) is 9.62 Å².